The van der Waals surface area contributed by atoms with Gasteiger partial charge in [0, 0.05) is 12.0 Å². The van der Waals surface area contributed by atoms with Gasteiger partial charge in [-0.3, -0.25) is 9.36 Å². The van der Waals surface area contributed by atoms with Crippen LogP contribution in [0.3, 0.4) is 0 Å². The Kier molecular flexibility index (Phi) is 5.66. The number of rotatable bonds is 4. The highest BCUT2D eigenvalue weighted by molar-refractivity contribution is 5.88. The number of aromatic nitrogens is 2. The first-order valence-electron chi connectivity index (χ1n) is 10.8. The van der Waals surface area contributed by atoms with Gasteiger partial charge in [0.05, 0.1) is 11.2 Å². The summed E-state index contributed by atoms with van der Waals surface area (Å²) in [7, 11) is 0. The third kappa shape index (κ3) is 3.97. The van der Waals surface area contributed by atoms with Crippen LogP contribution >= 0.6 is 0 Å². The summed E-state index contributed by atoms with van der Waals surface area (Å²) in [5.41, 5.74) is -6.93. The second kappa shape index (κ2) is 8.51. The zero-order valence-corrected chi connectivity index (χ0v) is 18.6. The molecule has 192 valence electrons. The maximum Gasteiger partial charge on any atom is 0.430 e. The molecule has 0 amide bonds. The smallest absolute Gasteiger partial charge is 0.430 e. The zero-order valence-electron chi connectivity index (χ0n) is 18.6. The van der Waals surface area contributed by atoms with Crippen LogP contribution in [0.4, 0.5) is 26.3 Å². The Morgan fingerprint density at radius 1 is 0.892 bits per heavy atom. The molecule has 5 rings (SSSR count). The van der Waals surface area contributed by atoms with Gasteiger partial charge in [-0.15, -0.1) is 0 Å². The quantitative estimate of drug-likeness (QED) is 0.382. The summed E-state index contributed by atoms with van der Waals surface area (Å²) in [6.45, 7) is -0.181. The first-order valence-corrected chi connectivity index (χ1v) is 10.8. The lowest BCUT2D eigenvalue weighted by atomic mass is 9.92. The summed E-state index contributed by atoms with van der Waals surface area (Å²) < 4.78 is 92.9. The molecule has 37 heavy (non-hydrogen) atoms. The Bertz CT molecular complexity index is 1530. The molecule has 1 aromatic heterocycles. The van der Waals surface area contributed by atoms with E-state index in [2.05, 4.69) is 4.98 Å². The lowest BCUT2D eigenvalue weighted by Crippen LogP contribution is -2.54. The molecule has 4 aromatic rings. The largest absolute Gasteiger partial charge is 0.454 e. The van der Waals surface area contributed by atoms with E-state index in [0.717, 1.165) is 16.7 Å². The molecule has 0 saturated heterocycles. The van der Waals surface area contributed by atoms with E-state index in [-0.39, 0.29) is 47.1 Å². The van der Waals surface area contributed by atoms with Gasteiger partial charge in [-0.25, -0.2) is 4.98 Å². The van der Waals surface area contributed by atoms with Crippen LogP contribution in [0.15, 0.2) is 71.5 Å². The van der Waals surface area contributed by atoms with Crippen LogP contribution in [-0.4, -0.2) is 33.8 Å². The number of aliphatic hydroxyl groups is 1. The average molecular weight is 522 g/mol. The lowest BCUT2D eigenvalue weighted by Gasteiger charge is -2.33. The van der Waals surface area contributed by atoms with Crippen LogP contribution in [0.1, 0.15) is 17.0 Å². The van der Waals surface area contributed by atoms with E-state index in [1.807, 2.05) is 0 Å². The van der Waals surface area contributed by atoms with Crippen LogP contribution < -0.4 is 15.0 Å². The Hall–Kier alpha value is -4.06. The summed E-state index contributed by atoms with van der Waals surface area (Å²) in [5.74, 6) is 0.349. The van der Waals surface area contributed by atoms with E-state index in [9.17, 15) is 36.2 Å². The van der Waals surface area contributed by atoms with Gasteiger partial charge < -0.3 is 14.6 Å². The Labute approximate surface area is 204 Å². The highest BCUT2D eigenvalue weighted by Crippen LogP contribution is 2.50. The van der Waals surface area contributed by atoms with Gasteiger partial charge in [-0.05, 0) is 29.8 Å². The van der Waals surface area contributed by atoms with Crippen molar-refractivity contribution in [2.24, 2.45) is 0 Å². The van der Waals surface area contributed by atoms with Crippen LogP contribution in [0.5, 0.6) is 11.5 Å². The van der Waals surface area contributed by atoms with Gasteiger partial charge in [0.15, 0.2) is 11.5 Å². The van der Waals surface area contributed by atoms with Crippen molar-refractivity contribution >= 4 is 10.9 Å². The topological polar surface area (TPSA) is 73.6 Å². The number of ether oxygens (including phenoxy) is 2. The second-order valence-corrected chi connectivity index (χ2v) is 8.28. The summed E-state index contributed by atoms with van der Waals surface area (Å²) in [4.78, 5) is 18.2. The number of halogens is 6. The van der Waals surface area contributed by atoms with E-state index in [1.54, 1.807) is 36.4 Å². The van der Waals surface area contributed by atoms with E-state index in [0.29, 0.717) is 17.7 Å². The first-order chi connectivity index (χ1) is 17.4. The number of fused-ring (bicyclic) bond motifs is 3. The predicted molar refractivity (Wildman–Crippen MR) is 119 cm³/mol. The Morgan fingerprint density at radius 3 is 2.27 bits per heavy atom. The summed E-state index contributed by atoms with van der Waals surface area (Å²) in [6, 6.07) is 14.7. The summed E-state index contributed by atoms with van der Waals surface area (Å²) in [6.07, 6.45) is -12.2. The minimum Gasteiger partial charge on any atom is -0.454 e. The van der Waals surface area contributed by atoms with Gasteiger partial charge in [0.25, 0.3) is 11.2 Å². The molecule has 0 radical (unpaired) electrons. The summed E-state index contributed by atoms with van der Waals surface area (Å²) >= 11 is 0. The molecular formula is C25H16F6N2O4. The van der Waals surface area contributed by atoms with E-state index in [4.69, 9.17) is 9.47 Å². The molecular weight excluding hydrogens is 506 g/mol. The highest BCUT2D eigenvalue weighted by Gasteiger charge is 2.71. The molecule has 0 saturated carbocycles. The third-order valence-corrected chi connectivity index (χ3v) is 5.99. The van der Waals surface area contributed by atoms with Gasteiger partial charge in [-0.2, -0.15) is 26.3 Å². The van der Waals surface area contributed by atoms with Crippen molar-refractivity contribution in [3.63, 3.8) is 0 Å². The fraction of sp³-hybridized carbons (Fsp3) is 0.200. The highest BCUT2D eigenvalue weighted by atomic mass is 19.4. The van der Waals surface area contributed by atoms with Gasteiger partial charge in [-0.1, -0.05) is 42.5 Å². The van der Waals surface area contributed by atoms with Crippen molar-refractivity contribution in [2.75, 3.05) is 6.79 Å². The molecule has 0 unspecified atom stereocenters. The number of benzene rings is 3. The van der Waals surface area contributed by atoms with E-state index < -0.39 is 29.1 Å². The molecule has 3 aromatic carbocycles. The number of nitrogens with zero attached hydrogens (tertiary/aromatic N) is 2. The van der Waals surface area contributed by atoms with Crippen molar-refractivity contribution in [3.8, 4) is 17.2 Å². The molecule has 1 aliphatic heterocycles. The van der Waals surface area contributed by atoms with E-state index in [1.165, 1.54) is 6.07 Å². The van der Waals surface area contributed by atoms with Crippen molar-refractivity contribution in [1.29, 1.82) is 0 Å². The fourth-order valence-corrected chi connectivity index (χ4v) is 4.20. The van der Waals surface area contributed by atoms with Crippen molar-refractivity contribution in [2.45, 2.75) is 24.4 Å². The Morgan fingerprint density at radius 2 is 1.59 bits per heavy atom. The molecule has 0 spiro atoms. The van der Waals surface area contributed by atoms with Crippen molar-refractivity contribution in [3.05, 3.63) is 94.0 Å². The molecule has 6 nitrogen and oxygen atoms in total. The lowest BCUT2D eigenvalue weighted by molar-refractivity contribution is -0.376. The fourth-order valence-electron chi connectivity index (χ4n) is 4.20. The Balaban J connectivity index is 1.79. The molecule has 2 heterocycles. The monoisotopic (exact) mass is 522 g/mol. The summed E-state index contributed by atoms with van der Waals surface area (Å²) in [5, 5.41) is 9.85. The molecule has 1 aliphatic rings. The predicted octanol–water partition coefficient (Wildman–Crippen LogP) is 5.02. The van der Waals surface area contributed by atoms with Gasteiger partial charge in [0.2, 0.25) is 6.79 Å². The molecule has 12 heteroatoms. The number of hydrogen-bond acceptors (Lipinski definition) is 5. The van der Waals surface area contributed by atoms with Crippen LogP contribution in [0, 0.1) is 0 Å². The van der Waals surface area contributed by atoms with Crippen LogP contribution in [-0.2, 0) is 12.0 Å². The molecule has 0 aliphatic carbocycles. The molecule has 0 bridgehead atoms. The van der Waals surface area contributed by atoms with Crippen molar-refractivity contribution in [1.82, 2.24) is 9.55 Å². The molecule has 1 N–H and O–H groups in total. The number of alkyl halides is 6. The average Bonchev–Trinajstić information content (AvgIpc) is 3.32. The maximum atomic E-state index is 13.7. The minimum absolute atomic E-state index is 0.0213. The number of hydrogen-bond donors (Lipinski definition) is 1. The van der Waals surface area contributed by atoms with Crippen molar-refractivity contribution < 1.29 is 40.9 Å². The van der Waals surface area contributed by atoms with E-state index >= 15 is 0 Å². The third-order valence-electron chi connectivity index (χ3n) is 5.99. The second-order valence-electron chi connectivity index (χ2n) is 8.28. The van der Waals surface area contributed by atoms with Gasteiger partial charge in [0.1, 0.15) is 11.2 Å². The van der Waals surface area contributed by atoms with Gasteiger partial charge >= 0.3 is 12.4 Å². The van der Waals surface area contributed by atoms with Crippen LogP contribution in [0.2, 0.25) is 0 Å². The first kappa shape index (κ1) is 24.6. The van der Waals surface area contributed by atoms with Crippen LogP contribution in [0.25, 0.3) is 16.6 Å². The zero-order chi connectivity index (χ0) is 26.6. The minimum atomic E-state index is -6.09. The molecule has 0 atom stereocenters. The molecule has 0 fully saturated rings. The standard InChI is InChI=1S/C25H16F6N2O4/c26-24(27,28)23(35,25(29,30)31)15-7-4-8-16(12-15)33-19(11-14-5-2-1-3-6-14)32-17-9-10-18-21(37-13-36-18)20(17)22(33)34/h1-10,12,35H,11,13H2. The SMILES string of the molecule is O=c1c2c3c(ccc2nc(Cc2ccccc2)n1-c1cccc(C(O)(C(F)(F)F)C(F)(F)F)c1)OCO3. The maximum absolute atomic E-state index is 13.7. The normalized spacial score (nSPS) is 13.8.